The van der Waals surface area contributed by atoms with Gasteiger partial charge < -0.3 is 14.5 Å². The summed E-state index contributed by atoms with van der Waals surface area (Å²) >= 11 is 0. The summed E-state index contributed by atoms with van der Waals surface area (Å²) in [5, 5.41) is 0. The molecular weight excluding hydrogens is 328 g/mol. The quantitative estimate of drug-likeness (QED) is 0.813. The fourth-order valence-electron chi connectivity index (χ4n) is 4.24. The second-order valence-corrected chi connectivity index (χ2v) is 7.66. The minimum atomic E-state index is -0.364. The molecule has 2 amide bonds. The Bertz CT molecular complexity index is 623. The van der Waals surface area contributed by atoms with Crippen LogP contribution in [-0.4, -0.2) is 54.0 Å². The Morgan fingerprint density at radius 1 is 1.19 bits per heavy atom. The molecule has 0 saturated carbocycles. The first-order valence-corrected chi connectivity index (χ1v) is 9.75. The van der Waals surface area contributed by atoms with E-state index in [1.807, 2.05) is 41.8 Å². The van der Waals surface area contributed by atoms with Crippen LogP contribution in [0.1, 0.15) is 45.1 Å². The van der Waals surface area contributed by atoms with Gasteiger partial charge in [0.05, 0.1) is 0 Å². The van der Waals surface area contributed by atoms with Crippen molar-refractivity contribution in [3.63, 3.8) is 0 Å². The van der Waals surface area contributed by atoms with Crippen molar-refractivity contribution >= 4 is 11.8 Å². The van der Waals surface area contributed by atoms with Gasteiger partial charge in [-0.1, -0.05) is 30.3 Å². The minimum Gasteiger partial charge on any atom is -0.369 e. The molecule has 0 N–H and O–H groups in total. The van der Waals surface area contributed by atoms with Crippen LogP contribution in [0.4, 0.5) is 0 Å². The lowest BCUT2D eigenvalue weighted by atomic mass is 9.72. The molecule has 2 fully saturated rings. The average Bonchev–Trinajstić information content (AvgIpc) is 2.66. The van der Waals surface area contributed by atoms with Crippen molar-refractivity contribution in [2.75, 3.05) is 26.2 Å². The van der Waals surface area contributed by atoms with Gasteiger partial charge in [-0.2, -0.15) is 0 Å². The second kappa shape index (κ2) is 8.21. The van der Waals surface area contributed by atoms with E-state index in [4.69, 9.17) is 4.74 Å². The second-order valence-electron chi connectivity index (χ2n) is 7.66. The number of likely N-dealkylation sites (tertiary alicyclic amines) is 2. The summed E-state index contributed by atoms with van der Waals surface area (Å²) in [4.78, 5) is 28.8. The maximum atomic E-state index is 12.5. The van der Waals surface area contributed by atoms with Gasteiger partial charge in [0.2, 0.25) is 5.91 Å². The molecule has 5 nitrogen and oxygen atoms in total. The number of benzene rings is 1. The molecule has 142 valence electrons. The summed E-state index contributed by atoms with van der Waals surface area (Å²) < 4.78 is 5.45. The normalized spacial score (nSPS) is 21.1. The highest BCUT2D eigenvalue weighted by atomic mass is 16.5. The van der Waals surface area contributed by atoms with Crippen LogP contribution >= 0.6 is 0 Å². The number of hydrogen-bond acceptors (Lipinski definition) is 3. The number of hydrogen-bond donors (Lipinski definition) is 0. The number of piperidine rings is 2. The Morgan fingerprint density at radius 3 is 2.54 bits per heavy atom. The molecule has 1 aromatic carbocycles. The molecule has 0 radical (unpaired) electrons. The number of amides is 2. The molecule has 5 heteroatoms. The predicted octanol–water partition coefficient (Wildman–Crippen LogP) is 2.84. The lowest BCUT2D eigenvalue weighted by Crippen LogP contribution is -2.53. The first-order valence-electron chi connectivity index (χ1n) is 9.75. The van der Waals surface area contributed by atoms with Crippen LogP contribution in [0.25, 0.3) is 0 Å². The van der Waals surface area contributed by atoms with E-state index in [0.717, 1.165) is 38.9 Å². The van der Waals surface area contributed by atoms with Crippen molar-refractivity contribution in [1.82, 2.24) is 9.80 Å². The number of carbonyl (C=O) groups excluding carboxylic acids is 2. The zero-order valence-corrected chi connectivity index (χ0v) is 15.9. The fraction of sp³-hybridized carbons (Fsp3) is 0.619. The molecule has 0 aromatic heterocycles. The van der Waals surface area contributed by atoms with Gasteiger partial charge in [-0.25, -0.2) is 0 Å². The van der Waals surface area contributed by atoms with Crippen molar-refractivity contribution in [2.24, 2.45) is 5.41 Å². The summed E-state index contributed by atoms with van der Waals surface area (Å²) in [7, 11) is 0. The van der Waals surface area contributed by atoms with Gasteiger partial charge in [0.1, 0.15) is 6.10 Å². The predicted molar refractivity (Wildman–Crippen MR) is 100 cm³/mol. The van der Waals surface area contributed by atoms with Crippen molar-refractivity contribution in [1.29, 1.82) is 0 Å². The Balaban J connectivity index is 1.59. The largest absolute Gasteiger partial charge is 0.369 e. The SMILES string of the molecule is CCO[C@@H](C)C(=O)N1CCC2(CCC(=O)N(Cc3ccccc3)C2)CC1. The van der Waals surface area contributed by atoms with Gasteiger partial charge in [0.25, 0.3) is 5.91 Å². The Labute approximate surface area is 156 Å². The van der Waals surface area contributed by atoms with E-state index in [1.165, 1.54) is 5.56 Å². The van der Waals surface area contributed by atoms with E-state index in [-0.39, 0.29) is 23.3 Å². The van der Waals surface area contributed by atoms with E-state index < -0.39 is 0 Å². The van der Waals surface area contributed by atoms with Gasteiger partial charge in [-0.05, 0) is 44.1 Å². The molecule has 3 rings (SSSR count). The molecule has 2 saturated heterocycles. The van der Waals surface area contributed by atoms with Crippen molar-refractivity contribution in [2.45, 2.75) is 52.2 Å². The molecule has 0 aliphatic carbocycles. The van der Waals surface area contributed by atoms with Gasteiger partial charge in [-0.15, -0.1) is 0 Å². The van der Waals surface area contributed by atoms with Gasteiger partial charge in [-0.3, -0.25) is 9.59 Å². The molecule has 2 aliphatic rings. The molecule has 0 unspecified atom stereocenters. The molecule has 1 spiro atoms. The third kappa shape index (κ3) is 4.26. The first kappa shape index (κ1) is 18.9. The van der Waals surface area contributed by atoms with Crippen molar-refractivity contribution in [3.05, 3.63) is 35.9 Å². The van der Waals surface area contributed by atoms with Gasteiger partial charge in [0.15, 0.2) is 0 Å². The van der Waals surface area contributed by atoms with Crippen molar-refractivity contribution < 1.29 is 14.3 Å². The monoisotopic (exact) mass is 358 g/mol. The minimum absolute atomic E-state index is 0.0923. The Morgan fingerprint density at radius 2 is 1.88 bits per heavy atom. The van der Waals surface area contributed by atoms with Gasteiger partial charge >= 0.3 is 0 Å². The van der Waals surface area contributed by atoms with E-state index in [0.29, 0.717) is 19.6 Å². The highest BCUT2D eigenvalue weighted by molar-refractivity contribution is 5.80. The zero-order valence-electron chi connectivity index (χ0n) is 15.9. The van der Waals surface area contributed by atoms with Crippen LogP contribution in [0, 0.1) is 5.41 Å². The molecule has 0 bridgehead atoms. The third-order valence-corrected chi connectivity index (χ3v) is 5.86. The smallest absolute Gasteiger partial charge is 0.251 e. The van der Waals surface area contributed by atoms with Crippen LogP contribution in [0.2, 0.25) is 0 Å². The number of rotatable bonds is 5. The standard InChI is InChI=1S/C21H30N2O3/c1-3-26-17(2)20(25)22-13-11-21(12-14-22)10-9-19(24)23(16-21)15-18-7-5-4-6-8-18/h4-8,17H,3,9-16H2,1-2H3/t17-/m0/s1. The van der Waals surface area contributed by atoms with Crippen LogP contribution < -0.4 is 0 Å². The summed E-state index contributed by atoms with van der Waals surface area (Å²) in [6, 6.07) is 10.2. The lowest BCUT2D eigenvalue weighted by molar-refractivity contribution is -0.148. The molecule has 2 aliphatic heterocycles. The topological polar surface area (TPSA) is 49.9 Å². The molecule has 1 aromatic rings. The summed E-state index contributed by atoms with van der Waals surface area (Å²) in [5.41, 5.74) is 1.34. The van der Waals surface area contributed by atoms with E-state index in [9.17, 15) is 9.59 Å². The summed E-state index contributed by atoms with van der Waals surface area (Å²) in [6.45, 7) is 7.33. The Kier molecular flexibility index (Phi) is 5.97. The number of ether oxygens (including phenoxy) is 1. The Hall–Kier alpha value is -1.88. The van der Waals surface area contributed by atoms with Crippen LogP contribution in [0.15, 0.2) is 30.3 Å². The maximum Gasteiger partial charge on any atom is 0.251 e. The number of nitrogens with zero attached hydrogens (tertiary/aromatic N) is 2. The van der Waals surface area contributed by atoms with Crippen LogP contribution in [-0.2, 0) is 20.9 Å². The number of carbonyl (C=O) groups is 2. The third-order valence-electron chi connectivity index (χ3n) is 5.86. The van der Waals surface area contributed by atoms with E-state index in [1.54, 1.807) is 0 Å². The molecule has 2 heterocycles. The summed E-state index contributed by atoms with van der Waals surface area (Å²) in [6.07, 6.45) is 3.14. The van der Waals surface area contributed by atoms with Crippen LogP contribution in [0.5, 0.6) is 0 Å². The lowest BCUT2D eigenvalue weighted by Gasteiger charge is -2.47. The highest BCUT2D eigenvalue weighted by Gasteiger charge is 2.42. The fourth-order valence-corrected chi connectivity index (χ4v) is 4.24. The summed E-state index contributed by atoms with van der Waals surface area (Å²) in [5.74, 6) is 0.345. The van der Waals surface area contributed by atoms with E-state index >= 15 is 0 Å². The molecule has 26 heavy (non-hydrogen) atoms. The molecule has 1 atom stereocenters. The van der Waals surface area contributed by atoms with E-state index in [2.05, 4.69) is 12.1 Å². The maximum absolute atomic E-state index is 12.5. The van der Waals surface area contributed by atoms with Crippen LogP contribution in [0.3, 0.4) is 0 Å². The average molecular weight is 358 g/mol. The first-order chi connectivity index (χ1) is 12.5. The van der Waals surface area contributed by atoms with Gasteiger partial charge in [0, 0.05) is 39.2 Å². The zero-order chi connectivity index (χ0) is 18.6. The van der Waals surface area contributed by atoms with Crippen molar-refractivity contribution in [3.8, 4) is 0 Å². The molecular formula is C21H30N2O3. The highest BCUT2D eigenvalue weighted by Crippen LogP contribution is 2.40.